The van der Waals surface area contributed by atoms with Crippen LogP contribution in [-0.2, 0) is 0 Å². The van der Waals surface area contributed by atoms with Gasteiger partial charge >= 0.3 is 0 Å². The highest BCUT2D eigenvalue weighted by Gasteiger charge is 2.17. The Morgan fingerprint density at radius 1 is 0.333 bits per heavy atom. The van der Waals surface area contributed by atoms with Gasteiger partial charge in [0.1, 0.15) is 11.2 Å². The van der Waals surface area contributed by atoms with Crippen LogP contribution in [0.25, 0.3) is 99.9 Å². The predicted molar refractivity (Wildman–Crippen MR) is 209 cm³/mol. The van der Waals surface area contributed by atoms with Gasteiger partial charge in [-0.2, -0.15) is 0 Å². The average Bonchev–Trinajstić information content (AvgIpc) is 3.60. The molecule has 0 saturated heterocycles. The van der Waals surface area contributed by atoms with E-state index in [1.165, 1.54) is 5.39 Å². The highest BCUT2D eigenvalue weighted by molar-refractivity contribution is 6.28. The molecule has 51 heavy (non-hydrogen) atoms. The third kappa shape index (κ3) is 5.04. The Hall–Kier alpha value is -6.91. The first kappa shape index (κ1) is 29.0. The van der Waals surface area contributed by atoms with Crippen LogP contribution in [0.5, 0.6) is 0 Å². The number of furan rings is 1. The molecule has 0 radical (unpaired) electrons. The number of hydrogen-bond acceptors (Lipinski definition) is 4. The van der Waals surface area contributed by atoms with E-state index < -0.39 is 0 Å². The first-order chi connectivity index (χ1) is 25.3. The van der Waals surface area contributed by atoms with Crippen LogP contribution < -0.4 is 0 Å². The minimum absolute atomic E-state index is 0.711. The summed E-state index contributed by atoms with van der Waals surface area (Å²) in [6.45, 7) is 0. The Bertz CT molecular complexity index is 2820. The number of para-hydroxylation sites is 2. The van der Waals surface area contributed by atoms with Gasteiger partial charge in [0.15, 0.2) is 5.82 Å². The monoisotopic (exact) mass is 651 g/mol. The lowest BCUT2D eigenvalue weighted by Crippen LogP contribution is -1.95. The third-order valence-electron chi connectivity index (χ3n) is 9.70. The van der Waals surface area contributed by atoms with E-state index >= 15 is 0 Å². The Morgan fingerprint density at radius 3 is 1.59 bits per heavy atom. The van der Waals surface area contributed by atoms with E-state index in [2.05, 4.69) is 127 Å². The first-order valence-corrected chi connectivity index (χ1v) is 17.1. The van der Waals surface area contributed by atoms with E-state index in [-0.39, 0.29) is 0 Å². The van der Waals surface area contributed by atoms with E-state index in [0.29, 0.717) is 5.82 Å². The zero-order valence-corrected chi connectivity index (χ0v) is 27.5. The molecule has 0 atom stereocenters. The van der Waals surface area contributed by atoms with Crippen LogP contribution in [0.3, 0.4) is 0 Å². The number of benzene rings is 7. The number of pyridine rings is 1. The van der Waals surface area contributed by atoms with E-state index in [1.807, 2.05) is 48.5 Å². The van der Waals surface area contributed by atoms with Crippen LogP contribution in [0, 0.1) is 0 Å². The molecule has 0 unspecified atom stereocenters. The fraction of sp³-hybridized carbons (Fsp3) is 0. The van der Waals surface area contributed by atoms with Gasteiger partial charge in [-0.05, 0) is 41.5 Å². The molecule has 0 amide bonds. The van der Waals surface area contributed by atoms with Crippen LogP contribution in [0.1, 0.15) is 0 Å². The zero-order valence-electron chi connectivity index (χ0n) is 27.5. The lowest BCUT2D eigenvalue weighted by Gasteiger charge is -2.12. The molecule has 7 aromatic carbocycles. The van der Waals surface area contributed by atoms with Crippen molar-refractivity contribution < 1.29 is 4.42 Å². The highest BCUT2D eigenvalue weighted by Crippen LogP contribution is 2.41. The van der Waals surface area contributed by atoms with Gasteiger partial charge in [-0.1, -0.05) is 146 Å². The number of fused-ring (bicyclic) bond motifs is 7. The molecule has 0 aliphatic heterocycles. The van der Waals surface area contributed by atoms with Gasteiger partial charge in [0.05, 0.1) is 22.6 Å². The van der Waals surface area contributed by atoms with Crippen molar-refractivity contribution in [2.45, 2.75) is 0 Å². The molecule has 0 aliphatic carbocycles. The lowest BCUT2D eigenvalue weighted by atomic mass is 9.95. The van der Waals surface area contributed by atoms with E-state index in [4.69, 9.17) is 19.4 Å². The van der Waals surface area contributed by atoms with Gasteiger partial charge in [-0.25, -0.2) is 15.0 Å². The van der Waals surface area contributed by atoms with Crippen molar-refractivity contribution in [2.75, 3.05) is 0 Å². The first-order valence-electron chi connectivity index (χ1n) is 17.1. The summed E-state index contributed by atoms with van der Waals surface area (Å²) in [5.74, 6) is 0.711. The topological polar surface area (TPSA) is 51.8 Å². The Kier molecular flexibility index (Phi) is 6.78. The summed E-state index contributed by atoms with van der Waals surface area (Å²) < 4.78 is 6.28. The van der Waals surface area contributed by atoms with Gasteiger partial charge in [0, 0.05) is 49.2 Å². The number of hydrogen-bond donors (Lipinski definition) is 0. The second kappa shape index (κ2) is 11.9. The van der Waals surface area contributed by atoms with Crippen LogP contribution in [0.4, 0.5) is 0 Å². The molecule has 0 aliphatic rings. The number of aromatic nitrogens is 3. The van der Waals surface area contributed by atoms with Gasteiger partial charge in [0.25, 0.3) is 0 Å². The summed E-state index contributed by atoms with van der Waals surface area (Å²) in [7, 11) is 0. The van der Waals surface area contributed by atoms with Gasteiger partial charge in [0.2, 0.25) is 0 Å². The summed E-state index contributed by atoms with van der Waals surface area (Å²) in [4.78, 5) is 15.1. The lowest BCUT2D eigenvalue weighted by molar-refractivity contribution is 0.669. The maximum atomic E-state index is 6.28. The van der Waals surface area contributed by atoms with Crippen molar-refractivity contribution in [3.8, 4) is 56.3 Å². The van der Waals surface area contributed by atoms with Crippen molar-refractivity contribution in [2.24, 2.45) is 0 Å². The van der Waals surface area contributed by atoms with Crippen LogP contribution >= 0.6 is 0 Å². The largest absolute Gasteiger partial charge is 0.456 e. The standard InChI is InChI=1S/C47H29N3O/c1-3-11-32(12-4-1)40-29-41(50-47(49-40)35-13-5-2-6-14-35)33-23-19-30(20-24-33)31-21-25-34(26-22-31)46-38-27-28-43-45(37-16-8-10-18-42(37)51-43)44(38)36-15-7-9-17-39(36)48-46/h1-29H. The van der Waals surface area contributed by atoms with Gasteiger partial charge in [-0.3, -0.25) is 0 Å². The summed E-state index contributed by atoms with van der Waals surface area (Å²) >= 11 is 0. The van der Waals surface area contributed by atoms with Crippen LogP contribution in [0.2, 0.25) is 0 Å². The molecule has 10 rings (SSSR count). The van der Waals surface area contributed by atoms with E-state index in [9.17, 15) is 0 Å². The Morgan fingerprint density at radius 2 is 0.882 bits per heavy atom. The molecule has 0 saturated carbocycles. The highest BCUT2D eigenvalue weighted by atomic mass is 16.3. The Balaban J connectivity index is 1.03. The minimum atomic E-state index is 0.711. The molecule has 0 fully saturated rings. The Labute approximate surface area is 294 Å². The van der Waals surface area contributed by atoms with Crippen molar-refractivity contribution >= 4 is 43.6 Å². The summed E-state index contributed by atoms with van der Waals surface area (Å²) in [6, 6.07) is 60.8. The molecule has 3 aromatic heterocycles. The zero-order chi connectivity index (χ0) is 33.7. The fourth-order valence-corrected chi connectivity index (χ4v) is 7.20. The van der Waals surface area contributed by atoms with E-state index in [0.717, 1.165) is 88.7 Å². The number of nitrogens with zero attached hydrogens (tertiary/aromatic N) is 3. The third-order valence-corrected chi connectivity index (χ3v) is 9.70. The van der Waals surface area contributed by atoms with Gasteiger partial charge in [-0.15, -0.1) is 0 Å². The molecule has 0 spiro atoms. The smallest absolute Gasteiger partial charge is 0.160 e. The minimum Gasteiger partial charge on any atom is -0.456 e. The van der Waals surface area contributed by atoms with Crippen molar-refractivity contribution in [1.82, 2.24) is 15.0 Å². The van der Waals surface area contributed by atoms with E-state index in [1.54, 1.807) is 0 Å². The maximum Gasteiger partial charge on any atom is 0.160 e. The van der Waals surface area contributed by atoms with Crippen LogP contribution in [-0.4, -0.2) is 15.0 Å². The summed E-state index contributed by atoms with van der Waals surface area (Å²) in [5.41, 5.74) is 11.9. The predicted octanol–water partition coefficient (Wildman–Crippen LogP) is 12.4. The second-order valence-electron chi connectivity index (χ2n) is 12.8. The summed E-state index contributed by atoms with van der Waals surface area (Å²) in [6.07, 6.45) is 0. The van der Waals surface area contributed by atoms with Gasteiger partial charge < -0.3 is 4.42 Å². The number of rotatable bonds is 5. The normalized spacial score (nSPS) is 11.5. The SMILES string of the molecule is c1ccc(-c2cc(-c3ccc(-c4ccc(-c5nc6ccccc6c6c5ccc5oc7ccccc7c56)cc4)cc3)nc(-c3ccccc3)n2)cc1. The van der Waals surface area contributed by atoms with Crippen molar-refractivity contribution in [3.05, 3.63) is 176 Å². The van der Waals surface area contributed by atoms with Crippen LogP contribution in [0.15, 0.2) is 180 Å². The maximum absolute atomic E-state index is 6.28. The van der Waals surface area contributed by atoms with Crippen molar-refractivity contribution in [1.29, 1.82) is 0 Å². The molecule has 0 N–H and O–H groups in total. The molecular weight excluding hydrogens is 623 g/mol. The second-order valence-corrected chi connectivity index (χ2v) is 12.8. The molecule has 0 bridgehead atoms. The average molecular weight is 652 g/mol. The summed E-state index contributed by atoms with van der Waals surface area (Å²) in [5, 5.41) is 5.66. The molecule has 10 aromatic rings. The molecule has 238 valence electrons. The molecule has 4 heteroatoms. The van der Waals surface area contributed by atoms with Crippen molar-refractivity contribution in [3.63, 3.8) is 0 Å². The fourth-order valence-electron chi connectivity index (χ4n) is 7.20. The molecule has 4 nitrogen and oxygen atoms in total. The quantitative estimate of drug-likeness (QED) is 0.174. The molecular formula is C47H29N3O. The molecule has 3 heterocycles.